The first kappa shape index (κ1) is 20.4. The molecule has 10 heteroatoms. The number of carbonyl (C=O) groups excluding carboxylic acids is 2. The number of nitrogens with one attached hydrogen (secondary N) is 1. The maximum absolute atomic E-state index is 12.5. The molecule has 0 radical (unpaired) electrons. The zero-order chi connectivity index (χ0) is 21.1. The monoisotopic (exact) mass is 444 g/mol. The van der Waals surface area contributed by atoms with Gasteiger partial charge in [-0.05, 0) is 24.3 Å². The number of ketones is 1. The predicted octanol–water partition coefficient (Wildman–Crippen LogP) is 3.00. The van der Waals surface area contributed by atoms with Crippen molar-refractivity contribution in [1.29, 1.82) is 0 Å². The van der Waals surface area contributed by atoms with Crippen LogP contribution in [-0.4, -0.2) is 38.8 Å². The van der Waals surface area contributed by atoms with Gasteiger partial charge in [-0.25, -0.2) is 0 Å². The Hall–Kier alpha value is -2.85. The van der Waals surface area contributed by atoms with Crippen LogP contribution in [0.2, 0.25) is 0 Å². The number of Topliss-reactive ketones (excluding diaryl/α,β-unsaturated/α-hetero) is 1. The lowest BCUT2D eigenvalue weighted by atomic mass is 10.2. The molecule has 30 heavy (non-hydrogen) atoms. The second-order valence-corrected chi connectivity index (χ2v) is 8.76. The number of thioether (sulfide) groups is 1. The summed E-state index contributed by atoms with van der Waals surface area (Å²) in [4.78, 5) is 25.1. The molecule has 1 atom stereocenters. The van der Waals surface area contributed by atoms with Gasteiger partial charge in [0.25, 0.3) is 0 Å². The van der Waals surface area contributed by atoms with Crippen LogP contribution in [0.1, 0.15) is 33.4 Å². The van der Waals surface area contributed by atoms with E-state index in [-0.39, 0.29) is 23.5 Å². The third-order valence-electron chi connectivity index (χ3n) is 4.45. The first-order valence-electron chi connectivity index (χ1n) is 9.28. The molecular weight excluding hydrogens is 424 g/mol. The van der Waals surface area contributed by atoms with Crippen molar-refractivity contribution >= 4 is 34.8 Å². The Kier molecular flexibility index (Phi) is 6.05. The van der Waals surface area contributed by atoms with E-state index in [2.05, 4.69) is 15.5 Å². The van der Waals surface area contributed by atoms with E-state index in [4.69, 9.17) is 9.47 Å². The van der Waals surface area contributed by atoms with Crippen LogP contribution in [0.25, 0.3) is 0 Å². The molecule has 0 bridgehead atoms. The molecule has 1 amide bonds. The summed E-state index contributed by atoms with van der Waals surface area (Å²) in [6, 6.07) is 11.1. The van der Waals surface area contributed by atoms with Gasteiger partial charge < -0.3 is 19.4 Å². The molecule has 1 aliphatic heterocycles. The van der Waals surface area contributed by atoms with Crippen LogP contribution >= 0.6 is 23.1 Å². The predicted molar refractivity (Wildman–Crippen MR) is 113 cm³/mol. The molecule has 4 rings (SSSR count). The summed E-state index contributed by atoms with van der Waals surface area (Å²) in [6.07, 6.45) is -0.365. The largest absolute Gasteiger partial charge is 0.485 e. The maximum Gasteiger partial charge on any atom is 0.217 e. The summed E-state index contributed by atoms with van der Waals surface area (Å²) in [5, 5.41) is 11.8. The van der Waals surface area contributed by atoms with Crippen molar-refractivity contribution in [3.05, 3.63) is 52.0 Å². The third kappa shape index (κ3) is 4.49. The number of para-hydroxylation sites is 2. The number of rotatable bonds is 7. The quantitative estimate of drug-likeness (QED) is 0.442. The highest BCUT2D eigenvalue weighted by atomic mass is 32.2. The van der Waals surface area contributed by atoms with Crippen LogP contribution in [0, 0.1) is 0 Å². The lowest BCUT2D eigenvalue weighted by molar-refractivity contribution is -0.119. The number of carbonyl (C=O) groups is 2. The number of thiophene rings is 1. The first-order chi connectivity index (χ1) is 14.5. The van der Waals surface area contributed by atoms with Crippen LogP contribution in [0.4, 0.5) is 0 Å². The molecule has 3 heterocycles. The molecule has 0 saturated carbocycles. The summed E-state index contributed by atoms with van der Waals surface area (Å²) in [5.74, 6) is 2.19. The highest BCUT2D eigenvalue weighted by Crippen LogP contribution is 2.35. The van der Waals surface area contributed by atoms with E-state index in [0.717, 1.165) is 4.88 Å². The average Bonchev–Trinajstić information content (AvgIpc) is 3.37. The van der Waals surface area contributed by atoms with Crippen LogP contribution in [0.3, 0.4) is 0 Å². The first-order valence-corrected chi connectivity index (χ1v) is 11.1. The van der Waals surface area contributed by atoms with Crippen LogP contribution in [-0.2, 0) is 18.4 Å². The van der Waals surface area contributed by atoms with Crippen molar-refractivity contribution < 1.29 is 19.1 Å². The van der Waals surface area contributed by atoms with Crippen LogP contribution in [0.15, 0.2) is 41.6 Å². The fourth-order valence-electron chi connectivity index (χ4n) is 2.91. The molecule has 0 fully saturated rings. The molecule has 156 valence electrons. The molecule has 0 saturated heterocycles. The standard InChI is InChI=1S/C20H20N4O4S2/c1-12(25)21-9-13-7-8-18(30-13)14(26)11-29-20-23-22-19(24(20)2)17-10-27-15-5-3-4-6-16(15)28-17/h3-8,17H,9-11H2,1-2H3,(H,21,25)/t17-/m0/s1. The van der Waals surface area contributed by atoms with Gasteiger partial charge >= 0.3 is 0 Å². The zero-order valence-electron chi connectivity index (χ0n) is 16.5. The molecule has 1 aliphatic rings. The van der Waals surface area contributed by atoms with E-state index in [9.17, 15) is 9.59 Å². The number of ether oxygens (including phenoxy) is 2. The summed E-state index contributed by atoms with van der Waals surface area (Å²) >= 11 is 2.72. The van der Waals surface area contributed by atoms with E-state index in [1.165, 1.54) is 30.0 Å². The second-order valence-electron chi connectivity index (χ2n) is 6.65. The van der Waals surface area contributed by atoms with Gasteiger partial charge in [-0.15, -0.1) is 21.5 Å². The third-order valence-corrected chi connectivity index (χ3v) is 6.59. The number of aromatic nitrogens is 3. The average molecular weight is 445 g/mol. The molecule has 8 nitrogen and oxygen atoms in total. The normalized spacial score (nSPS) is 15.1. The molecular formula is C20H20N4O4S2. The number of nitrogens with zero attached hydrogens (tertiary/aromatic N) is 3. The zero-order valence-corrected chi connectivity index (χ0v) is 18.1. The van der Waals surface area contributed by atoms with Gasteiger partial charge in [-0.3, -0.25) is 9.59 Å². The Morgan fingerprint density at radius 3 is 2.83 bits per heavy atom. The second kappa shape index (κ2) is 8.88. The Balaban J connectivity index is 1.37. The minimum absolute atomic E-state index is 0.00908. The van der Waals surface area contributed by atoms with Crippen molar-refractivity contribution in [3.63, 3.8) is 0 Å². The Morgan fingerprint density at radius 1 is 1.23 bits per heavy atom. The molecule has 2 aromatic heterocycles. The summed E-state index contributed by atoms with van der Waals surface area (Å²) < 4.78 is 13.6. The van der Waals surface area contributed by atoms with Crippen molar-refractivity contribution in [1.82, 2.24) is 20.1 Å². The van der Waals surface area contributed by atoms with Crippen molar-refractivity contribution in [2.45, 2.75) is 24.7 Å². The highest BCUT2D eigenvalue weighted by molar-refractivity contribution is 7.99. The minimum Gasteiger partial charge on any atom is -0.485 e. The number of hydrogen-bond donors (Lipinski definition) is 1. The van der Waals surface area contributed by atoms with Crippen molar-refractivity contribution in [3.8, 4) is 11.5 Å². The Morgan fingerprint density at radius 2 is 2.03 bits per heavy atom. The van der Waals surface area contributed by atoms with Gasteiger partial charge in [-0.2, -0.15) is 0 Å². The van der Waals surface area contributed by atoms with E-state index < -0.39 is 0 Å². The lowest BCUT2D eigenvalue weighted by Crippen LogP contribution is -2.24. The maximum atomic E-state index is 12.5. The van der Waals surface area contributed by atoms with Crippen molar-refractivity contribution in [2.75, 3.05) is 12.4 Å². The SMILES string of the molecule is CC(=O)NCc1ccc(C(=O)CSc2nnc([C@@H]3COc4ccccc4O3)n2C)s1. The number of fused-ring (bicyclic) bond motifs is 1. The highest BCUT2D eigenvalue weighted by Gasteiger charge is 2.27. The van der Waals surface area contributed by atoms with Gasteiger partial charge in [0, 0.05) is 18.8 Å². The number of amides is 1. The van der Waals surface area contributed by atoms with Crippen molar-refractivity contribution in [2.24, 2.45) is 7.05 Å². The Bertz CT molecular complexity index is 1080. The van der Waals surface area contributed by atoms with E-state index >= 15 is 0 Å². The summed E-state index contributed by atoms with van der Waals surface area (Å²) in [7, 11) is 1.85. The molecule has 0 unspecified atom stereocenters. The van der Waals surface area contributed by atoms with Gasteiger partial charge in [-0.1, -0.05) is 23.9 Å². The molecule has 0 spiro atoms. The lowest BCUT2D eigenvalue weighted by Gasteiger charge is -2.25. The summed E-state index contributed by atoms with van der Waals surface area (Å²) in [5.41, 5.74) is 0. The smallest absolute Gasteiger partial charge is 0.217 e. The number of hydrogen-bond acceptors (Lipinski definition) is 8. The Labute approximate surface area is 181 Å². The topological polar surface area (TPSA) is 95.3 Å². The summed E-state index contributed by atoms with van der Waals surface area (Å²) in [6.45, 7) is 2.24. The van der Waals surface area contributed by atoms with Gasteiger partial charge in [0.2, 0.25) is 5.91 Å². The van der Waals surface area contributed by atoms with Crippen LogP contribution in [0.5, 0.6) is 11.5 Å². The fourth-order valence-corrected chi connectivity index (χ4v) is 4.69. The molecule has 1 N–H and O–H groups in total. The molecule has 1 aromatic carbocycles. The van der Waals surface area contributed by atoms with Gasteiger partial charge in [0.15, 0.2) is 34.4 Å². The van der Waals surface area contributed by atoms with E-state index in [1.807, 2.05) is 41.9 Å². The van der Waals surface area contributed by atoms with E-state index in [0.29, 0.717) is 40.5 Å². The minimum atomic E-state index is -0.365. The molecule has 0 aliphatic carbocycles. The number of benzene rings is 1. The van der Waals surface area contributed by atoms with Crippen LogP contribution < -0.4 is 14.8 Å². The van der Waals surface area contributed by atoms with Gasteiger partial charge in [0.05, 0.1) is 17.2 Å². The van der Waals surface area contributed by atoms with Gasteiger partial charge in [0.1, 0.15) is 6.61 Å². The molecule has 3 aromatic rings. The van der Waals surface area contributed by atoms with E-state index in [1.54, 1.807) is 6.07 Å². The fraction of sp³-hybridized carbons (Fsp3) is 0.300.